The molecule has 110 valence electrons. The maximum Gasteiger partial charge on any atom is 0.310 e. The molecule has 0 radical (unpaired) electrons. The minimum atomic E-state index is -0.851. The molecule has 2 aromatic carbocycles. The minimum Gasteiger partial charge on any atom is -0.481 e. The molecular formula is C18H15NO2S. The molecule has 0 aliphatic heterocycles. The van der Waals surface area contributed by atoms with E-state index in [9.17, 15) is 4.79 Å². The van der Waals surface area contributed by atoms with Gasteiger partial charge in [0.25, 0.3) is 0 Å². The molecular weight excluding hydrogens is 294 g/mol. The smallest absolute Gasteiger partial charge is 0.310 e. The van der Waals surface area contributed by atoms with Crippen molar-refractivity contribution in [2.45, 2.75) is 13.3 Å². The topological polar surface area (TPSA) is 50.2 Å². The molecule has 0 unspecified atom stereocenters. The van der Waals surface area contributed by atoms with Crippen molar-refractivity contribution in [1.29, 1.82) is 0 Å². The maximum atomic E-state index is 10.7. The summed E-state index contributed by atoms with van der Waals surface area (Å²) in [5, 5.41) is 11.3. The zero-order valence-electron chi connectivity index (χ0n) is 12.1. The Bertz CT molecular complexity index is 789. The highest BCUT2D eigenvalue weighted by atomic mass is 32.1. The molecule has 0 saturated heterocycles. The molecule has 0 atom stereocenters. The first-order valence-corrected chi connectivity index (χ1v) is 7.83. The highest BCUT2D eigenvalue weighted by Crippen LogP contribution is 2.26. The van der Waals surface area contributed by atoms with Gasteiger partial charge in [-0.25, -0.2) is 4.98 Å². The number of carboxylic acid groups (broad SMARTS) is 1. The van der Waals surface area contributed by atoms with E-state index in [2.05, 4.69) is 48.3 Å². The second-order valence-electron chi connectivity index (χ2n) is 5.14. The zero-order valence-corrected chi connectivity index (χ0v) is 12.9. The summed E-state index contributed by atoms with van der Waals surface area (Å²) in [6.07, 6.45) is -0.0217. The fraction of sp³-hybridized carbons (Fsp3) is 0.111. The van der Waals surface area contributed by atoms with Gasteiger partial charge in [0, 0.05) is 10.9 Å². The number of thiazole rings is 1. The lowest BCUT2D eigenvalue weighted by atomic mass is 10.0. The molecule has 4 heteroatoms. The van der Waals surface area contributed by atoms with E-state index >= 15 is 0 Å². The van der Waals surface area contributed by atoms with Crippen molar-refractivity contribution in [3.05, 3.63) is 64.5 Å². The summed E-state index contributed by atoms with van der Waals surface area (Å²) in [5.74, 6) is -0.851. The molecule has 22 heavy (non-hydrogen) atoms. The van der Waals surface area contributed by atoms with Crippen LogP contribution in [0.5, 0.6) is 0 Å². The van der Waals surface area contributed by atoms with E-state index in [-0.39, 0.29) is 6.42 Å². The molecule has 3 rings (SSSR count). The maximum absolute atomic E-state index is 10.7. The van der Waals surface area contributed by atoms with Crippen LogP contribution < -0.4 is 0 Å². The molecule has 3 nitrogen and oxygen atoms in total. The van der Waals surface area contributed by atoms with E-state index in [1.54, 1.807) is 0 Å². The average Bonchev–Trinajstić information content (AvgIpc) is 2.96. The normalized spacial score (nSPS) is 10.6. The Kier molecular flexibility index (Phi) is 4.02. The first-order valence-electron chi connectivity index (χ1n) is 6.95. The van der Waals surface area contributed by atoms with Crippen molar-refractivity contribution in [3.8, 4) is 22.4 Å². The Morgan fingerprint density at radius 1 is 1.00 bits per heavy atom. The molecule has 0 aliphatic carbocycles. The second kappa shape index (κ2) is 6.12. The average molecular weight is 309 g/mol. The van der Waals surface area contributed by atoms with Gasteiger partial charge in [0.2, 0.25) is 0 Å². The van der Waals surface area contributed by atoms with E-state index in [1.165, 1.54) is 22.5 Å². The lowest BCUT2D eigenvalue weighted by molar-refractivity contribution is -0.136. The zero-order chi connectivity index (χ0) is 15.5. The fourth-order valence-electron chi connectivity index (χ4n) is 2.23. The van der Waals surface area contributed by atoms with Crippen molar-refractivity contribution < 1.29 is 9.90 Å². The number of aromatic nitrogens is 1. The number of hydrogen-bond acceptors (Lipinski definition) is 3. The van der Waals surface area contributed by atoms with Gasteiger partial charge in [-0.05, 0) is 18.1 Å². The molecule has 0 bridgehead atoms. The Morgan fingerprint density at radius 2 is 1.55 bits per heavy atom. The summed E-state index contributed by atoms with van der Waals surface area (Å²) in [6.45, 7) is 2.07. The largest absolute Gasteiger partial charge is 0.481 e. The summed E-state index contributed by atoms with van der Waals surface area (Å²) >= 11 is 1.38. The molecule has 1 aromatic heterocycles. The minimum absolute atomic E-state index is 0.0217. The van der Waals surface area contributed by atoms with Gasteiger partial charge < -0.3 is 5.11 Å². The van der Waals surface area contributed by atoms with Crippen molar-refractivity contribution in [2.75, 3.05) is 0 Å². The van der Waals surface area contributed by atoms with Gasteiger partial charge in [-0.15, -0.1) is 11.3 Å². The molecule has 1 heterocycles. The summed E-state index contributed by atoms with van der Waals surface area (Å²) in [5.41, 5.74) is 5.42. The van der Waals surface area contributed by atoms with Crippen molar-refractivity contribution in [3.63, 3.8) is 0 Å². The van der Waals surface area contributed by atoms with Crippen LogP contribution in [0.3, 0.4) is 0 Å². The number of carboxylic acids is 1. The Labute approximate surface area is 132 Å². The standard InChI is InChI=1S/C18H15NO2S/c1-12-2-4-13(5-3-12)14-6-8-15(9-7-14)16-11-22-17(19-16)10-18(20)21/h2-9,11H,10H2,1H3,(H,20,21). The van der Waals surface area contributed by atoms with Crippen LogP contribution in [-0.4, -0.2) is 16.1 Å². The van der Waals surface area contributed by atoms with Gasteiger partial charge in [-0.3, -0.25) is 4.79 Å². The first kappa shape index (κ1) is 14.5. The van der Waals surface area contributed by atoms with Crippen LogP contribution in [0.15, 0.2) is 53.9 Å². The fourth-order valence-corrected chi connectivity index (χ4v) is 3.03. The van der Waals surface area contributed by atoms with Crippen LogP contribution >= 0.6 is 11.3 Å². The van der Waals surface area contributed by atoms with Crippen LogP contribution in [0.1, 0.15) is 10.6 Å². The van der Waals surface area contributed by atoms with E-state index in [0.717, 1.165) is 16.8 Å². The molecule has 0 spiro atoms. The molecule has 3 aromatic rings. The van der Waals surface area contributed by atoms with E-state index in [1.807, 2.05) is 17.5 Å². The highest BCUT2D eigenvalue weighted by molar-refractivity contribution is 7.10. The van der Waals surface area contributed by atoms with Gasteiger partial charge in [0.1, 0.15) is 5.01 Å². The quantitative estimate of drug-likeness (QED) is 0.776. The predicted molar refractivity (Wildman–Crippen MR) is 89.1 cm³/mol. The molecule has 0 saturated carbocycles. The highest BCUT2D eigenvalue weighted by Gasteiger charge is 2.08. The molecule has 1 N–H and O–H groups in total. The van der Waals surface area contributed by atoms with Gasteiger partial charge in [0.05, 0.1) is 12.1 Å². The number of carbonyl (C=O) groups is 1. The van der Waals surface area contributed by atoms with Crippen molar-refractivity contribution >= 4 is 17.3 Å². The lowest BCUT2D eigenvalue weighted by Crippen LogP contribution is -1.99. The van der Waals surface area contributed by atoms with Crippen molar-refractivity contribution in [2.24, 2.45) is 0 Å². The molecule has 0 aliphatic rings. The second-order valence-corrected chi connectivity index (χ2v) is 6.08. The monoisotopic (exact) mass is 309 g/mol. The SMILES string of the molecule is Cc1ccc(-c2ccc(-c3csc(CC(=O)O)n3)cc2)cc1. The Balaban J connectivity index is 1.83. The Morgan fingerprint density at radius 3 is 2.14 bits per heavy atom. The van der Waals surface area contributed by atoms with Crippen molar-refractivity contribution in [1.82, 2.24) is 4.98 Å². The molecule has 0 amide bonds. The van der Waals surface area contributed by atoms with Gasteiger partial charge >= 0.3 is 5.97 Å². The third-order valence-electron chi connectivity index (χ3n) is 3.42. The van der Waals surface area contributed by atoms with E-state index in [4.69, 9.17) is 5.11 Å². The first-order chi connectivity index (χ1) is 10.6. The Hall–Kier alpha value is -2.46. The van der Waals surface area contributed by atoms with Gasteiger partial charge in [-0.2, -0.15) is 0 Å². The van der Waals surface area contributed by atoms with Crippen LogP contribution in [-0.2, 0) is 11.2 Å². The number of aryl methyl sites for hydroxylation is 1. The third kappa shape index (κ3) is 3.23. The van der Waals surface area contributed by atoms with Crippen LogP contribution in [0.4, 0.5) is 0 Å². The summed E-state index contributed by atoms with van der Waals surface area (Å²) in [4.78, 5) is 15.1. The van der Waals surface area contributed by atoms with Gasteiger partial charge in [-0.1, -0.05) is 54.1 Å². The third-order valence-corrected chi connectivity index (χ3v) is 4.27. The summed E-state index contributed by atoms with van der Waals surface area (Å²) < 4.78 is 0. The van der Waals surface area contributed by atoms with E-state index in [0.29, 0.717) is 5.01 Å². The molecule has 0 fully saturated rings. The number of hydrogen-bond donors (Lipinski definition) is 1. The predicted octanol–water partition coefficient (Wildman–Crippen LogP) is 4.41. The summed E-state index contributed by atoms with van der Waals surface area (Å²) in [6, 6.07) is 16.6. The van der Waals surface area contributed by atoms with Gasteiger partial charge in [0.15, 0.2) is 0 Å². The lowest BCUT2D eigenvalue weighted by Gasteiger charge is -2.03. The summed E-state index contributed by atoms with van der Waals surface area (Å²) in [7, 11) is 0. The number of nitrogens with zero attached hydrogens (tertiary/aromatic N) is 1. The number of rotatable bonds is 4. The number of benzene rings is 2. The van der Waals surface area contributed by atoms with Crippen LogP contribution in [0.25, 0.3) is 22.4 Å². The number of aliphatic carboxylic acids is 1. The van der Waals surface area contributed by atoms with Crippen LogP contribution in [0, 0.1) is 6.92 Å². The van der Waals surface area contributed by atoms with E-state index < -0.39 is 5.97 Å². The van der Waals surface area contributed by atoms with Crippen LogP contribution in [0.2, 0.25) is 0 Å².